The lowest BCUT2D eigenvalue weighted by atomic mass is 9.95. The molecule has 5 rings (SSSR count). The number of hydrogen-bond donors (Lipinski definition) is 1. The third-order valence-electron chi connectivity index (χ3n) is 5.66. The van der Waals surface area contributed by atoms with Crippen molar-refractivity contribution in [1.82, 2.24) is 30.2 Å². The third-order valence-corrected chi connectivity index (χ3v) is 5.66. The van der Waals surface area contributed by atoms with Gasteiger partial charge in [-0.2, -0.15) is 0 Å². The first kappa shape index (κ1) is 19.8. The van der Waals surface area contributed by atoms with Crippen LogP contribution in [0.5, 0.6) is 0 Å². The van der Waals surface area contributed by atoms with E-state index in [4.69, 9.17) is 0 Å². The summed E-state index contributed by atoms with van der Waals surface area (Å²) in [5.41, 5.74) is 3.57. The van der Waals surface area contributed by atoms with E-state index in [1.54, 1.807) is 11.0 Å². The van der Waals surface area contributed by atoms with E-state index >= 15 is 0 Å². The van der Waals surface area contributed by atoms with Crippen molar-refractivity contribution in [3.63, 3.8) is 0 Å². The second-order valence-corrected chi connectivity index (χ2v) is 7.68. The molecule has 0 aliphatic carbocycles. The van der Waals surface area contributed by atoms with Crippen LogP contribution in [0.1, 0.15) is 12.8 Å². The Hall–Kier alpha value is -4.14. The molecule has 2 aromatic carbocycles. The van der Waals surface area contributed by atoms with E-state index in [2.05, 4.69) is 35.7 Å². The lowest BCUT2D eigenvalue weighted by molar-refractivity contribution is -0.120. The molecule has 32 heavy (non-hydrogen) atoms. The third kappa shape index (κ3) is 4.31. The molecule has 1 amide bonds. The van der Waals surface area contributed by atoms with Gasteiger partial charge in [0.15, 0.2) is 0 Å². The number of carbonyl (C=O) groups excluding carboxylic acids is 1. The molecule has 1 aliphatic rings. The minimum absolute atomic E-state index is 0.0270. The molecule has 9 nitrogen and oxygen atoms in total. The molecular weight excluding hydrogens is 404 g/mol. The highest BCUT2D eigenvalue weighted by Crippen LogP contribution is 2.26. The lowest BCUT2D eigenvalue weighted by Crippen LogP contribution is -2.38. The van der Waals surface area contributed by atoms with E-state index < -0.39 is 0 Å². The number of anilines is 2. The monoisotopic (exact) mass is 426 g/mol. The molecule has 1 saturated heterocycles. The molecular formula is C23H22N8O. The Morgan fingerprint density at radius 3 is 2.47 bits per heavy atom. The van der Waals surface area contributed by atoms with Crippen LogP contribution in [0.3, 0.4) is 0 Å². The Morgan fingerprint density at radius 1 is 0.969 bits per heavy atom. The van der Waals surface area contributed by atoms with Gasteiger partial charge in [0, 0.05) is 36.3 Å². The molecule has 1 N–H and O–H groups in total. The Balaban J connectivity index is 1.18. The number of nitrogens with one attached hydrogen (secondary N) is 1. The summed E-state index contributed by atoms with van der Waals surface area (Å²) in [7, 11) is 0. The molecule has 1 fully saturated rings. The molecule has 0 saturated carbocycles. The summed E-state index contributed by atoms with van der Waals surface area (Å²) in [6.45, 7) is 1.56. The zero-order chi connectivity index (χ0) is 21.8. The predicted molar refractivity (Wildman–Crippen MR) is 120 cm³/mol. The summed E-state index contributed by atoms with van der Waals surface area (Å²) in [5, 5.41) is 14.1. The van der Waals surface area contributed by atoms with Crippen LogP contribution in [0.15, 0.2) is 73.3 Å². The molecule has 1 aliphatic heterocycles. The van der Waals surface area contributed by atoms with Crippen LogP contribution >= 0.6 is 0 Å². The number of piperidine rings is 1. The molecule has 0 radical (unpaired) electrons. The van der Waals surface area contributed by atoms with E-state index in [9.17, 15) is 4.79 Å². The fourth-order valence-corrected chi connectivity index (χ4v) is 3.88. The quantitative estimate of drug-likeness (QED) is 0.523. The lowest BCUT2D eigenvalue weighted by Gasteiger charge is -2.32. The van der Waals surface area contributed by atoms with Gasteiger partial charge < -0.3 is 10.2 Å². The van der Waals surface area contributed by atoms with Crippen molar-refractivity contribution in [3.8, 4) is 16.9 Å². The van der Waals surface area contributed by atoms with Crippen molar-refractivity contribution >= 4 is 17.4 Å². The summed E-state index contributed by atoms with van der Waals surface area (Å²) in [4.78, 5) is 23.8. The molecule has 160 valence electrons. The van der Waals surface area contributed by atoms with Crippen LogP contribution in [-0.4, -0.2) is 49.2 Å². The van der Waals surface area contributed by atoms with Gasteiger partial charge in [0.25, 0.3) is 0 Å². The molecule has 0 atom stereocenters. The minimum atomic E-state index is -0.0270. The van der Waals surface area contributed by atoms with Crippen molar-refractivity contribution in [1.29, 1.82) is 0 Å². The number of carbonyl (C=O) groups is 1. The van der Waals surface area contributed by atoms with Gasteiger partial charge in [0.2, 0.25) is 5.91 Å². The predicted octanol–water partition coefficient (Wildman–Crippen LogP) is 2.97. The first-order valence-electron chi connectivity index (χ1n) is 10.5. The van der Waals surface area contributed by atoms with Crippen LogP contribution in [-0.2, 0) is 4.79 Å². The van der Waals surface area contributed by atoms with Gasteiger partial charge in [-0.05, 0) is 47.5 Å². The van der Waals surface area contributed by atoms with Gasteiger partial charge in [0.1, 0.15) is 18.5 Å². The van der Waals surface area contributed by atoms with Crippen molar-refractivity contribution < 1.29 is 4.79 Å². The fraction of sp³-hybridized carbons (Fsp3) is 0.217. The number of tetrazole rings is 1. The van der Waals surface area contributed by atoms with Crippen molar-refractivity contribution in [2.75, 3.05) is 23.3 Å². The zero-order valence-electron chi connectivity index (χ0n) is 17.4. The van der Waals surface area contributed by atoms with Gasteiger partial charge in [-0.1, -0.05) is 30.3 Å². The number of nitrogens with zero attached hydrogens (tertiary/aromatic N) is 7. The Labute approximate surface area is 185 Å². The van der Waals surface area contributed by atoms with Gasteiger partial charge in [-0.15, -0.1) is 5.10 Å². The van der Waals surface area contributed by atoms with E-state index in [0.29, 0.717) is 0 Å². The number of amides is 1. The molecule has 0 spiro atoms. The molecule has 0 bridgehead atoms. The first-order valence-corrected chi connectivity index (χ1v) is 10.5. The fourth-order valence-electron chi connectivity index (χ4n) is 3.88. The maximum absolute atomic E-state index is 12.8. The Bertz CT molecular complexity index is 1170. The SMILES string of the molecule is O=C(Nc1ccc(-n2cnnn2)cc1)C1CCN(c2cc(-c3ccccc3)ncn2)CC1. The van der Waals surface area contributed by atoms with E-state index in [-0.39, 0.29) is 11.8 Å². The van der Waals surface area contributed by atoms with Crippen LogP contribution in [0.4, 0.5) is 11.5 Å². The van der Waals surface area contributed by atoms with Gasteiger partial charge >= 0.3 is 0 Å². The highest BCUT2D eigenvalue weighted by molar-refractivity contribution is 5.92. The van der Waals surface area contributed by atoms with Crippen molar-refractivity contribution in [2.45, 2.75) is 12.8 Å². The Kier molecular flexibility index (Phi) is 5.52. The molecule has 9 heteroatoms. The largest absolute Gasteiger partial charge is 0.356 e. The number of benzene rings is 2. The summed E-state index contributed by atoms with van der Waals surface area (Å²) in [6, 6.07) is 19.5. The van der Waals surface area contributed by atoms with Crippen LogP contribution in [0.25, 0.3) is 16.9 Å². The molecule has 2 aromatic heterocycles. The summed E-state index contributed by atoms with van der Waals surface area (Å²) >= 11 is 0. The van der Waals surface area contributed by atoms with Gasteiger partial charge in [-0.3, -0.25) is 4.79 Å². The molecule has 3 heterocycles. The number of rotatable bonds is 5. The first-order chi connectivity index (χ1) is 15.8. The minimum Gasteiger partial charge on any atom is -0.356 e. The smallest absolute Gasteiger partial charge is 0.227 e. The van der Waals surface area contributed by atoms with Gasteiger partial charge in [0.05, 0.1) is 11.4 Å². The van der Waals surface area contributed by atoms with E-state index in [1.165, 1.54) is 6.33 Å². The maximum Gasteiger partial charge on any atom is 0.227 e. The summed E-state index contributed by atoms with van der Waals surface area (Å²) in [6.07, 6.45) is 4.69. The molecule has 4 aromatic rings. The summed E-state index contributed by atoms with van der Waals surface area (Å²) < 4.78 is 1.57. The van der Waals surface area contributed by atoms with Crippen molar-refractivity contribution in [2.24, 2.45) is 5.92 Å². The van der Waals surface area contributed by atoms with Crippen LogP contribution < -0.4 is 10.2 Å². The maximum atomic E-state index is 12.8. The van der Waals surface area contributed by atoms with Crippen LogP contribution in [0.2, 0.25) is 0 Å². The number of hydrogen-bond acceptors (Lipinski definition) is 7. The second kappa shape index (κ2) is 8.93. The summed E-state index contributed by atoms with van der Waals surface area (Å²) in [5.74, 6) is 0.921. The average Bonchev–Trinajstić information content (AvgIpc) is 3.40. The topological polar surface area (TPSA) is 102 Å². The van der Waals surface area contributed by atoms with Gasteiger partial charge in [-0.25, -0.2) is 14.6 Å². The molecule has 0 unspecified atom stereocenters. The van der Waals surface area contributed by atoms with Crippen molar-refractivity contribution in [3.05, 3.63) is 73.3 Å². The standard InChI is InChI=1S/C23H22N8O/c32-23(27-19-6-8-20(9-7-19)31-16-26-28-29-31)18-10-12-30(13-11-18)22-14-21(24-15-25-22)17-4-2-1-3-5-17/h1-9,14-16,18H,10-13H2,(H,27,32). The Morgan fingerprint density at radius 2 is 1.75 bits per heavy atom. The van der Waals surface area contributed by atoms with E-state index in [0.717, 1.165) is 54.4 Å². The normalized spacial score (nSPS) is 14.3. The zero-order valence-corrected chi connectivity index (χ0v) is 17.4. The highest BCUT2D eigenvalue weighted by atomic mass is 16.1. The second-order valence-electron chi connectivity index (χ2n) is 7.68. The highest BCUT2D eigenvalue weighted by Gasteiger charge is 2.26. The van der Waals surface area contributed by atoms with Crippen LogP contribution in [0, 0.1) is 5.92 Å². The number of aromatic nitrogens is 6. The average molecular weight is 426 g/mol. The van der Waals surface area contributed by atoms with E-state index in [1.807, 2.05) is 60.7 Å².